The number of fused-ring (bicyclic) bond motifs is 1. The first-order valence-electron chi connectivity index (χ1n) is 7.68. The lowest BCUT2D eigenvalue weighted by molar-refractivity contribution is 0.0951. The lowest BCUT2D eigenvalue weighted by Crippen LogP contribution is -2.25. The summed E-state index contributed by atoms with van der Waals surface area (Å²) in [6.45, 7) is 0.245. The second-order valence-corrected chi connectivity index (χ2v) is 7.48. The molecule has 3 N–H and O–H groups in total. The van der Waals surface area contributed by atoms with Crippen LogP contribution in [0.5, 0.6) is 0 Å². The molecule has 0 unspecified atom stereocenters. The standard InChI is InChI=1S/C17H18N4O3S/c1-18-25(23,24)10-14-5-3-2-4-13(14)9-19-17(22)12-6-7-15-16(8-12)21-11-20-15/h2-8,11,18H,9-10H2,1H3,(H,19,22)(H,20,21). The van der Waals surface area contributed by atoms with E-state index in [0.29, 0.717) is 11.1 Å². The van der Waals surface area contributed by atoms with Gasteiger partial charge in [0.15, 0.2) is 0 Å². The highest BCUT2D eigenvalue weighted by molar-refractivity contribution is 7.88. The third kappa shape index (κ3) is 4.04. The number of hydrogen-bond acceptors (Lipinski definition) is 4. The minimum atomic E-state index is -3.38. The summed E-state index contributed by atoms with van der Waals surface area (Å²) in [6.07, 6.45) is 1.57. The fraction of sp³-hybridized carbons (Fsp3) is 0.176. The predicted octanol–water partition coefficient (Wildman–Crippen LogP) is 1.54. The molecule has 2 aromatic carbocycles. The van der Waals surface area contributed by atoms with Crippen LogP contribution in [0.4, 0.5) is 0 Å². The molecule has 1 heterocycles. The molecule has 0 aliphatic heterocycles. The number of nitrogens with one attached hydrogen (secondary N) is 3. The minimum Gasteiger partial charge on any atom is -0.348 e. The number of H-pyrrole nitrogens is 1. The second-order valence-electron chi connectivity index (χ2n) is 5.55. The van der Waals surface area contributed by atoms with Crippen molar-refractivity contribution in [2.75, 3.05) is 7.05 Å². The van der Waals surface area contributed by atoms with Crippen molar-refractivity contribution in [3.05, 3.63) is 65.5 Å². The third-order valence-electron chi connectivity index (χ3n) is 3.90. The highest BCUT2D eigenvalue weighted by Gasteiger charge is 2.13. The summed E-state index contributed by atoms with van der Waals surface area (Å²) in [4.78, 5) is 19.4. The molecule has 8 heteroatoms. The zero-order valence-electron chi connectivity index (χ0n) is 13.6. The van der Waals surface area contributed by atoms with Crippen molar-refractivity contribution >= 4 is 27.0 Å². The Morgan fingerprint density at radius 2 is 1.92 bits per heavy atom. The molecule has 0 atom stereocenters. The summed E-state index contributed by atoms with van der Waals surface area (Å²) < 4.78 is 25.8. The maximum absolute atomic E-state index is 12.4. The van der Waals surface area contributed by atoms with E-state index in [9.17, 15) is 13.2 Å². The topological polar surface area (TPSA) is 104 Å². The molecule has 0 bridgehead atoms. The van der Waals surface area contributed by atoms with Crippen LogP contribution in [0.25, 0.3) is 11.0 Å². The van der Waals surface area contributed by atoms with Crippen LogP contribution in [0.15, 0.2) is 48.8 Å². The fourth-order valence-electron chi connectivity index (χ4n) is 2.50. The van der Waals surface area contributed by atoms with Crippen LogP contribution in [0.1, 0.15) is 21.5 Å². The molecule has 1 aromatic heterocycles. The molecule has 0 fully saturated rings. The van der Waals surface area contributed by atoms with Crippen LogP contribution >= 0.6 is 0 Å². The number of carbonyl (C=O) groups is 1. The fourth-order valence-corrected chi connectivity index (χ4v) is 3.34. The Kier molecular flexibility index (Phi) is 4.82. The summed E-state index contributed by atoms with van der Waals surface area (Å²) in [5.41, 5.74) is 3.50. The van der Waals surface area contributed by atoms with Crippen LogP contribution in [-0.4, -0.2) is 31.3 Å². The van der Waals surface area contributed by atoms with Crippen molar-refractivity contribution in [2.45, 2.75) is 12.3 Å². The van der Waals surface area contributed by atoms with Crippen molar-refractivity contribution in [3.8, 4) is 0 Å². The Morgan fingerprint density at radius 1 is 1.16 bits per heavy atom. The van der Waals surface area contributed by atoms with E-state index in [1.807, 2.05) is 6.07 Å². The SMILES string of the molecule is CNS(=O)(=O)Cc1ccccc1CNC(=O)c1ccc2nc[nH]c2c1. The zero-order valence-corrected chi connectivity index (χ0v) is 14.4. The molecular formula is C17H18N4O3S. The normalized spacial score (nSPS) is 11.6. The van der Waals surface area contributed by atoms with Gasteiger partial charge >= 0.3 is 0 Å². The first-order chi connectivity index (χ1) is 12.0. The van der Waals surface area contributed by atoms with Gasteiger partial charge in [0, 0.05) is 12.1 Å². The van der Waals surface area contributed by atoms with Crippen molar-refractivity contribution in [1.29, 1.82) is 0 Å². The summed E-state index contributed by atoms with van der Waals surface area (Å²) in [5, 5.41) is 2.83. The number of amides is 1. The minimum absolute atomic E-state index is 0.129. The van der Waals surface area contributed by atoms with Gasteiger partial charge in [-0.2, -0.15) is 0 Å². The molecule has 0 aliphatic carbocycles. The quantitative estimate of drug-likeness (QED) is 0.622. The molecule has 0 saturated carbocycles. The van der Waals surface area contributed by atoms with Gasteiger partial charge in [-0.15, -0.1) is 0 Å². The number of nitrogens with zero attached hydrogens (tertiary/aromatic N) is 1. The van der Waals surface area contributed by atoms with Gasteiger partial charge in [-0.1, -0.05) is 24.3 Å². The smallest absolute Gasteiger partial charge is 0.251 e. The molecule has 3 aromatic rings. The number of sulfonamides is 1. The lowest BCUT2D eigenvalue weighted by atomic mass is 10.1. The summed E-state index contributed by atoms with van der Waals surface area (Å²) in [5.74, 6) is -0.363. The van der Waals surface area contributed by atoms with Crippen LogP contribution in [-0.2, 0) is 22.3 Å². The van der Waals surface area contributed by atoms with E-state index in [-0.39, 0.29) is 18.2 Å². The summed E-state index contributed by atoms with van der Waals surface area (Å²) >= 11 is 0. The Bertz CT molecular complexity index is 1010. The molecule has 0 spiro atoms. The van der Waals surface area contributed by atoms with E-state index in [2.05, 4.69) is 20.0 Å². The molecular weight excluding hydrogens is 340 g/mol. The van der Waals surface area contributed by atoms with Gasteiger partial charge in [0.1, 0.15) is 0 Å². The molecule has 0 saturated heterocycles. The predicted molar refractivity (Wildman–Crippen MR) is 95.4 cm³/mol. The van der Waals surface area contributed by atoms with E-state index in [0.717, 1.165) is 16.6 Å². The Labute approximate surface area is 145 Å². The third-order valence-corrected chi connectivity index (χ3v) is 5.21. The summed E-state index contributed by atoms with van der Waals surface area (Å²) in [7, 11) is -2.00. The molecule has 7 nitrogen and oxygen atoms in total. The van der Waals surface area contributed by atoms with Gasteiger partial charge in [-0.25, -0.2) is 18.1 Å². The molecule has 0 aliphatic rings. The van der Waals surface area contributed by atoms with Crippen molar-refractivity contribution in [1.82, 2.24) is 20.0 Å². The number of benzene rings is 2. The second kappa shape index (κ2) is 7.04. The Morgan fingerprint density at radius 3 is 2.68 bits per heavy atom. The first-order valence-corrected chi connectivity index (χ1v) is 9.33. The number of hydrogen-bond donors (Lipinski definition) is 3. The van der Waals surface area contributed by atoms with E-state index in [4.69, 9.17) is 0 Å². The molecule has 3 rings (SSSR count). The Hall–Kier alpha value is -2.71. The van der Waals surface area contributed by atoms with E-state index in [1.54, 1.807) is 42.7 Å². The van der Waals surface area contributed by atoms with E-state index < -0.39 is 10.0 Å². The average Bonchev–Trinajstić information content (AvgIpc) is 3.08. The highest BCUT2D eigenvalue weighted by atomic mass is 32.2. The monoisotopic (exact) mass is 358 g/mol. The van der Waals surface area contributed by atoms with Gasteiger partial charge in [-0.05, 0) is 36.4 Å². The van der Waals surface area contributed by atoms with Crippen LogP contribution < -0.4 is 10.0 Å². The van der Waals surface area contributed by atoms with Crippen LogP contribution in [0.3, 0.4) is 0 Å². The van der Waals surface area contributed by atoms with E-state index in [1.165, 1.54) is 7.05 Å². The zero-order chi connectivity index (χ0) is 17.9. The van der Waals surface area contributed by atoms with Gasteiger partial charge in [0.25, 0.3) is 5.91 Å². The van der Waals surface area contributed by atoms with Gasteiger partial charge in [0.05, 0.1) is 23.1 Å². The van der Waals surface area contributed by atoms with Gasteiger partial charge in [0.2, 0.25) is 10.0 Å². The number of aromatic amines is 1. The molecule has 25 heavy (non-hydrogen) atoms. The lowest BCUT2D eigenvalue weighted by Gasteiger charge is -2.11. The highest BCUT2D eigenvalue weighted by Crippen LogP contribution is 2.14. The number of imidazole rings is 1. The average molecular weight is 358 g/mol. The van der Waals surface area contributed by atoms with Crippen molar-refractivity contribution in [2.24, 2.45) is 0 Å². The molecule has 0 radical (unpaired) electrons. The molecule has 1 amide bonds. The Balaban J connectivity index is 1.73. The van der Waals surface area contributed by atoms with Gasteiger partial charge in [-0.3, -0.25) is 4.79 Å². The number of rotatable bonds is 6. The maximum atomic E-state index is 12.4. The summed E-state index contributed by atoms with van der Waals surface area (Å²) in [6, 6.07) is 12.3. The molecule has 130 valence electrons. The number of carbonyl (C=O) groups excluding carboxylic acids is 1. The van der Waals surface area contributed by atoms with Crippen LogP contribution in [0, 0.1) is 0 Å². The van der Waals surface area contributed by atoms with Crippen LogP contribution in [0.2, 0.25) is 0 Å². The first kappa shape index (κ1) is 17.1. The van der Waals surface area contributed by atoms with Crippen molar-refractivity contribution in [3.63, 3.8) is 0 Å². The largest absolute Gasteiger partial charge is 0.348 e. The maximum Gasteiger partial charge on any atom is 0.251 e. The number of aromatic nitrogens is 2. The van der Waals surface area contributed by atoms with Gasteiger partial charge < -0.3 is 10.3 Å². The van der Waals surface area contributed by atoms with Crippen molar-refractivity contribution < 1.29 is 13.2 Å². The van der Waals surface area contributed by atoms with E-state index >= 15 is 0 Å².